The van der Waals surface area contributed by atoms with Gasteiger partial charge in [-0.25, -0.2) is 9.67 Å². The maximum Gasteiger partial charge on any atom is 0.257 e. The largest absolute Gasteiger partial charge is 0.395 e. The molecule has 0 aliphatic carbocycles. The number of aliphatic hydroxyl groups excluding tert-OH is 1. The van der Waals surface area contributed by atoms with Crippen molar-refractivity contribution in [2.45, 2.75) is 13.8 Å². The lowest BCUT2D eigenvalue weighted by Crippen LogP contribution is -2.33. The van der Waals surface area contributed by atoms with Gasteiger partial charge >= 0.3 is 0 Å². The van der Waals surface area contributed by atoms with E-state index >= 15 is 0 Å². The summed E-state index contributed by atoms with van der Waals surface area (Å²) in [4.78, 5) is 18.2. The molecule has 2 aromatic rings. The fraction of sp³-hybridized carbons (Fsp3) is 0.357. The van der Waals surface area contributed by atoms with Gasteiger partial charge < -0.3 is 10.0 Å². The zero-order chi connectivity index (χ0) is 14.5. The fourth-order valence-corrected chi connectivity index (χ4v) is 2.02. The van der Waals surface area contributed by atoms with Crippen molar-refractivity contribution in [1.82, 2.24) is 19.7 Å². The summed E-state index contributed by atoms with van der Waals surface area (Å²) >= 11 is 0. The first-order valence-electron chi connectivity index (χ1n) is 6.55. The van der Waals surface area contributed by atoms with Crippen molar-refractivity contribution < 1.29 is 9.90 Å². The lowest BCUT2D eigenvalue weighted by Gasteiger charge is -2.19. The van der Waals surface area contributed by atoms with Gasteiger partial charge in [0.2, 0.25) is 0 Å². The molecule has 2 rings (SSSR count). The number of hydrogen-bond donors (Lipinski definition) is 1. The smallest absolute Gasteiger partial charge is 0.257 e. The first-order chi connectivity index (χ1) is 9.69. The quantitative estimate of drug-likeness (QED) is 0.884. The summed E-state index contributed by atoms with van der Waals surface area (Å²) in [5.74, 6) is 0.551. The summed E-state index contributed by atoms with van der Waals surface area (Å²) in [6.45, 7) is 4.54. The second kappa shape index (κ2) is 6.29. The number of carbonyl (C=O) groups excluding carboxylic acids is 1. The highest BCUT2D eigenvalue weighted by Crippen LogP contribution is 2.14. The second-order valence-corrected chi connectivity index (χ2v) is 4.35. The van der Waals surface area contributed by atoms with E-state index in [9.17, 15) is 4.79 Å². The third kappa shape index (κ3) is 2.70. The maximum absolute atomic E-state index is 12.4. The maximum atomic E-state index is 12.4. The van der Waals surface area contributed by atoms with Crippen molar-refractivity contribution in [2.24, 2.45) is 0 Å². The van der Waals surface area contributed by atoms with Crippen LogP contribution in [0.2, 0.25) is 0 Å². The minimum Gasteiger partial charge on any atom is -0.395 e. The molecule has 0 aromatic carbocycles. The van der Waals surface area contributed by atoms with Gasteiger partial charge in [0.25, 0.3) is 5.91 Å². The van der Waals surface area contributed by atoms with E-state index in [4.69, 9.17) is 5.11 Å². The van der Waals surface area contributed by atoms with Gasteiger partial charge in [-0.05, 0) is 26.0 Å². The molecule has 0 saturated heterocycles. The normalized spacial score (nSPS) is 10.6. The molecule has 0 fully saturated rings. The molecular weight excluding hydrogens is 256 g/mol. The molecule has 0 atom stereocenters. The Balaban J connectivity index is 2.31. The van der Waals surface area contributed by atoms with Gasteiger partial charge in [0.1, 0.15) is 0 Å². The Hall–Kier alpha value is -2.21. The molecule has 20 heavy (non-hydrogen) atoms. The van der Waals surface area contributed by atoms with Gasteiger partial charge in [0, 0.05) is 19.3 Å². The van der Waals surface area contributed by atoms with Gasteiger partial charge in [-0.1, -0.05) is 6.07 Å². The summed E-state index contributed by atoms with van der Waals surface area (Å²) < 4.78 is 1.64. The molecule has 0 spiro atoms. The third-order valence-corrected chi connectivity index (χ3v) is 3.15. The monoisotopic (exact) mass is 274 g/mol. The van der Waals surface area contributed by atoms with Crippen molar-refractivity contribution in [1.29, 1.82) is 0 Å². The number of amides is 1. The number of aliphatic hydroxyl groups is 1. The van der Waals surface area contributed by atoms with Crippen LogP contribution >= 0.6 is 0 Å². The van der Waals surface area contributed by atoms with Crippen LogP contribution in [-0.2, 0) is 0 Å². The molecule has 0 unspecified atom stereocenters. The second-order valence-electron chi connectivity index (χ2n) is 4.35. The third-order valence-electron chi connectivity index (χ3n) is 3.15. The molecule has 6 nitrogen and oxygen atoms in total. The number of aromatic nitrogens is 3. The van der Waals surface area contributed by atoms with E-state index in [0.29, 0.717) is 24.5 Å². The Morgan fingerprint density at radius 1 is 1.45 bits per heavy atom. The molecule has 2 heterocycles. The van der Waals surface area contributed by atoms with Gasteiger partial charge in [-0.15, -0.1) is 0 Å². The minimum absolute atomic E-state index is 0.0486. The summed E-state index contributed by atoms with van der Waals surface area (Å²) in [6.07, 6.45) is 3.23. The van der Waals surface area contributed by atoms with Crippen LogP contribution in [0.15, 0.2) is 30.6 Å². The summed E-state index contributed by atoms with van der Waals surface area (Å²) in [5.41, 5.74) is 1.27. The summed E-state index contributed by atoms with van der Waals surface area (Å²) in [6, 6.07) is 5.53. The van der Waals surface area contributed by atoms with Crippen LogP contribution in [0.5, 0.6) is 0 Å². The van der Waals surface area contributed by atoms with Crippen molar-refractivity contribution in [3.63, 3.8) is 0 Å². The first-order valence-corrected chi connectivity index (χ1v) is 6.55. The molecule has 0 saturated carbocycles. The van der Waals surface area contributed by atoms with Crippen LogP contribution in [0.1, 0.15) is 23.0 Å². The molecule has 0 radical (unpaired) electrons. The zero-order valence-electron chi connectivity index (χ0n) is 11.7. The average Bonchev–Trinajstić information content (AvgIpc) is 2.86. The van der Waals surface area contributed by atoms with Gasteiger partial charge in [0.15, 0.2) is 5.82 Å². The lowest BCUT2D eigenvalue weighted by molar-refractivity contribution is 0.0731. The van der Waals surface area contributed by atoms with Gasteiger partial charge in [-0.2, -0.15) is 5.10 Å². The Morgan fingerprint density at radius 3 is 2.85 bits per heavy atom. The van der Waals surface area contributed by atoms with E-state index in [2.05, 4.69) is 10.1 Å². The van der Waals surface area contributed by atoms with Crippen molar-refractivity contribution in [3.05, 3.63) is 41.9 Å². The fourth-order valence-electron chi connectivity index (χ4n) is 2.02. The summed E-state index contributed by atoms with van der Waals surface area (Å²) in [7, 11) is 0. The highest BCUT2D eigenvalue weighted by atomic mass is 16.3. The Morgan fingerprint density at radius 2 is 2.25 bits per heavy atom. The van der Waals surface area contributed by atoms with Crippen LogP contribution < -0.4 is 0 Å². The van der Waals surface area contributed by atoms with Crippen molar-refractivity contribution in [2.75, 3.05) is 19.7 Å². The van der Waals surface area contributed by atoms with E-state index < -0.39 is 0 Å². The Kier molecular flexibility index (Phi) is 4.47. The van der Waals surface area contributed by atoms with Crippen LogP contribution in [0, 0.1) is 6.92 Å². The van der Waals surface area contributed by atoms with Crippen molar-refractivity contribution >= 4 is 5.91 Å². The molecule has 1 amide bonds. The van der Waals surface area contributed by atoms with Crippen molar-refractivity contribution in [3.8, 4) is 5.82 Å². The van der Waals surface area contributed by atoms with Crippen LogP contribution in [0.25, 0.3) is 5.82 Å². The number of rotatable bonds is 5. The predicted molar refractivity (Wildman–Crippen MR) is 74.8 cm³/mol. The highest BCUT2D eigenvalue weighted by molar-refractivity contribution is 5.95. The van der Waals surface area contributed by atoms with E-state index in [1.54, 1.807) is 22.0 Å². The zero-order valence-corrected chi connectivity index (χ0v) is 11.7. The molecule has 0 bridgehead atoms. The Bertz CT molecular complexity index is 580. The number of likely N-dealkylation sites (N-methyl/N-ethyl adjacent to an activating group) is 1. The van der Waals surface area contributed by atoms with Gasteiger partial charge in [-0.3, -0.25) is 4.79 Å². The van der Waals surface area contributed by atoms with E-state index in [1.165, 1.54) is 0 Å². The minimum atomic E-state index is -0.124. The van der Waals surface area contributed by atoms with Gasteiger partial charge in [0.05, 0.1) is 24.1 Å². The molecule has 0 aliphatic heterocycles. The SMILES string of the molecule is CCN(CCO)C(=O)c1cnn(-c2ccccn2)c1C. The lowest BCUT2D eigenvalue weighted by atomic mass is 10.2. The number of pyridine rings is 1. The van der Waals surface area contributed by atoms with Crippen LogP contribution in [0.3, 0.4) is 0 Å². The van der Waals surface area contributed by atoms with E-state index in [1.807, 2.05) is 32.0 Å². The molecule has 2 aromatic heterocycles. The average molecular weight is 274 g/mol. The highest BCUT2D eigenvalue weighted by Gasteiger charge is 2.19. The molecule has 0 aliphatic rings. The number of carbonyl (C=O) groups is 1. The predicted octanol–water partition coefficient (Wildman–Crippen LogP) is 1.03. The molecular formula is C14H18N4O2. The Labute approximate surface area is 117 Å². The topological polar surface area (TPSA) is 71.2 Å². The van der Waals surface area contributed by atoms with Crippen LogP contribution in [-0.4, -0.2) is 50.4 Å². The summed E-state index contributed by atoms with van der Waals surface area (Å²) in [5, 5.41) is 13.2. The number of nitrogens with zero attached hydrogens (tertiary/aromatic N) is 4. The van der Waals surface area contributed by atoms with Crippen LogP contribution in [0.4, 0.5) is 0 Å². The number of hydrogen-bond acceptors (Lipinski definition) is 4. The standard InChI is InChI=1S/C14H18N4O2/c1-3-17(8-9-19)14(20)12-10-16-18(11(12)2)13-6-4-5-7-15-13/h4-7,10,19H,3,8-9H2,1-2H3. The first kappa shape index (κ1) is 14.2. The molecule has 106 valence electrons. The molecule has 6 heteroatoms. The molecule has 1 N–H and O–H groups in total. The van der Waals surface area contributed by atoms with E-state index in [-0.39, 0.29) is 12.5 Å². The van der Waals surface area contributed by atoms with E-state index in [0.717, 1.165) is 5.69 Å².